The van der Waals surface area contributed by atoms with E-state index in [1.165, 1.54) is 12.1 Å². The molecule has 160 valence electrons. The molecule has 31 heavy (non-hydrogen) atoms. The third-order valence-corrected chi connectivity index (χ3v) is 5.49. The normalized spacial score (nSPS) is 13.8. The predicted molar refractivity (Wildman–Crippen MR) is 119 cm³/mol. The summed E-state index contributed by atoms with van der Waals surface area (Å²) < 4.78 is 16.1. The summed E-state index contributed by atoms with van der Waals surface area (Å²) in [4.78, 5) is 20.6. The lowest BCUT2D eigenvalue weighted by Crippen LogP contribution is -2.37. The van der Waals surface area contributed by atoms with E-state index < -0.39 is 5.82 Å². The molecule has 0 saturated carbocycles. The van der Waals surface area contributed by atoms with Crippen LogP contribution >= 0.6 is 11.6 Å². The summed E-state index contributed by atoms with van der Waals surface area (Å²) in [6, 6.07) is 8.48. The van der Waals surface area contributed by atoms with Crippen LogP contribution in [0, 0.1) is 5.82 Å². The summed E-state index contributed by atoms with van der Waals surface area (Å²) in [6.45, 7) is 2.25. The Bertz CT molecular complexity index is 1130. The Labute approximate surface area is 185 Å². The lowest BCUT2D eigenvalue weighted by molar-refractivity contribution is -0.127. The van der Waals surface area contributed by atoms with Crippen molar-refractivity contribution in [3.05, 3.63) is 71.4 Å². The molecular weight excluding hydrogens is 417 g/mol. The fourth-order valence-electron chi connectivity index (χ4n) is 3.64. The molecule has 0 fully saturated rings. The van der Waals surface area contributed by atoms with Gasteiger partial charge in [0.2, 0.25) is 5.91 Å². The fraction of sp³-hybridized carbons (Fsp3) is 0.261. The monoisotopic (exact) mass is 439 g/mol. The molecule has 1 aromatic carbocycles. The molecule has 1 aliphatic heterocycles. The van der Waals surface area contributed by atoms with Crippen molar-refractivity contribution in [2.45, 2.75) is 13.1 Å². The number of likely N-dealkylation sites (N-methyl/N-ethyl adjacent to an activating group) is 1. The van der Waals surface area contributed by atoms with Gasteiger partial charge in [-0.2, -0.15) is 5.10 Å². The number of nitrogens with zero attached hydrogens (tertiary/aromatic N) is 5. The van der Waals surface area contributed by atoms with Crippen LogP contribution in [0.5, 0.6) is 0 Å². The minimum atomic E-state index is -0.492. The van der Waals surface area contributed by atoms with Crippen molar-refractivity contribution in [2.75, 3.05) is 27.2 Å². The van der Waals surface area contributed by atoms with E-state index in [0.717, 1.165) is 16.8 Å². The van der Waals surface area contributed by atoms with Crippen molar-refractivity contribution in [3.8, 4) is 22.4 Å². The van der Waals surface area contributed by atoms with E-state index in [1.807, 2.05) is 41.9 Å². The zero-order valence-electron chi connectivity index (χ0n) is 17.4. The van der Waals surface area contributed by atoms with E-state index in [2.05, 4.69) is 4.98 Å². The molecule has 4 rings (SSSR count). The smallest absolute Gasteiger partial charge is 0.246 e. The third-order valence-electron chi connectivity index (χ3n) is 5.18. The molecule has 0 atom stereocenters. The molecule has 0 unspecified atom stereocenters. The Morgan fingerprint density at radius 2 is 1.97 bits per heavy atom. The van der Waals surface area contributed by atoms with Crippen molar-refractivity contribution in [1.82, 2.24) is 24.6 Å². The Morgan fingerprint density at radius 3 is 2.68 bits per heavy atom. The molecular formula is C23H23ClFN5O. The van der Waals surface area contributed by atoms with E-state index in [9.17, 15) is 9.18 Å². The highest BCUT2D eigenvalue weighted by atomic mass is 35.5. The van der Waals surface area contributed by atoms with Gasteiger partial charge in [0.25, 0.3) is 0 Å². The maximum Gasteiger partial charge on any atom is 0.246 e. The average molecular weight is 440 g/mol. The standard InChI is InChI=1S/C23H23ClFN5O/c1-28(2)11-3-4-21(31)29-12-13-30-20(15-29)22(16-7-9-26-10-8-16)23(27-30)17-5-6-18(24)19(25)14-17/h3-10,14H,11-13,15H2,1-2H3/b4-3+. The first kappa shape index (κ1) is 21.2. The van der Waals surface area contributed by atoms with Crippen LogP contribution in [0.1, 0.15) is 5.69 Å². The van der Waals surface area contributed by atoms with Gasteiger partial charge in [0.15, 0.2) is 0 Å². The molecule has 0 bridgehead atoms. The number of halogens is 2. The SMILES string of the molecule is CN(C)C/C=C/C(=O)N1CCn2nc(-c3ccc(Cl)c(F)c3)c(-c3ccncc3)c2C1. The molecule has 8 heteroatoms. The van der Waals surface area contributed by atoms with Crippen molar-refractivity contribution >= 4 is 17.5 Å². The summed E-state index contributed by atoms with van der Waals surface area (Å²) in [5, 5.41) is 4.84. The Hall–Kier alpha value is -3.03. The van der Waals surface area contributed by atoms with E-state index in [4.69, 9.17) is 16.7 Å². The third kappa shape index (κ3) is 4.52. The largest absolute Gasteiger partial charge is 0.331 e. The minimum absolute atomic E-state index is 0.0333. The summed E-state index contributed by atoms with van der Waals surface area (Å²) in [5.74, 6) is -0.525. The topological polar surface area (TPSA) is 54.3 Å². The van der Waals surface area contributed by atoms with Gasteiger partial charge in [-0.25, -0.2) is 4.39 Å². The second-order valence-corrected chi connectivity index (χ2v) is 8.09. The van der Waals surface area contributed by atoms with Crippen molar-refractivity contribution in [3.63, 3.8) is 0 Å². The molecule has 3 heterocycles. The molecule has 3 aromatic rings. The second kappa shape index (κ2) is 8.99. The molecule has 6 nitrogen and oxygen atoms in total. The second-order valence-electron chi connectivity index (χ2n) is 7.68. The van der Waals surface area contributed by atoms with Gasteiger partial charge in [0.05, 0.1) is 23.8 Å². The highest BCUT2D eigenvalue weighted by Crippen LogP contribution is 2.37. The van der Waals surface area contributed by atoms with E-state index in [0.29, 0.717) is 37.4 Å². The van der Waals surface area contributed by atoms with Gasteiger partial charge < -0.3 is 9.80 Å². The molecule has 0 spiro atoms. The summed E-state index contributed by atoms with van der Waals surface area (Å²) in [5.41, 5.74) is 4.00. The molecule has 0 N–H and O–H groups in total. The van der Waals surface area contributed by atoms with Crippen LogP contribution < -0.4 is 0 Å². The van der Waals surface area contributed by atoms with Gasteiger partial charge in [-0.05, 0) is 43.9 Å². The Balaban J connectivity index is 1.74. The van der Waals surface area contributed by atoms with Crippen LogP contribution in [-0.4, -0.2) is 57.7 Å². The first-order valence-corrected chi connectivity index (χ1v) is 10.4. The number of carbonyl (C=O) groups is 1. The molecule has 0 radical (unpaired) electrons. The minimum Gasteiger partial charge on any atom is -0.331 e. The summed E-state index contributed by atoms with van der Waals surface area (Å²) in [7, 11) is 3.91. The number of hydrogen-bond acceptors (Lipinski definition) is 4. The summed E-state index contributed by atoms with van der Waals surface area (Å²) >= 11 is 5.88. The molecule has 2 aromatic heterocycles. The van der Waals surface area contributed by atoms with Gasteiger partial charge >= 0.3 is 0 Å². The molecule has 0 saturated heterocycles. The maximum absolute atomic E-state index is 14.2. The van der Waals surface area contributed by atoms with Gasteiger partial charge in [-0.1, -0.05) is 23.7 Å². The number of benzene rings is 1. The van der Waals surface area contributed by atoms with Gasteiger partial charge in [-0.3, -0.25) is 14.5 Å². The molecule has 0 aliphatic carbocycles. The van der Waals surface area contributed by atoms with Gasteiger partial charge in [0, 0.05) is 42.7 Å². The van der Waals surface area contributed by atoms with Crippen LogP contribution in [0.25, 0.3) is 22.4 Å². The zero-order chi connectivity index (χ0) is 22.0. The number of aromatic nitrogens is 3. The van der Waals surface area contributed by atoms with Gasteiger partial charge in [0.1, 0.15) is 11.5 Å². The quantitative estimate of drug-likeness (QED) is 0.566. The van der Waals surface area contributed by atoms with Crippen LogP contribution in [0.4, 0.5) is 4.39 Å². The zero-order valence-corrected chi connectivity index (χ0v) is 18.2. The number of carbonyl (C=O) groups excluding carboxylic acids is 1. The van der Waals surface area contributed by atoms with Crippen LogP contribution in [0.3, 0.4) is 0 Å². The lowest BCUT2D eigenvalue weighted by Gasteiger charge is -2.27. The van der Waals surface area contributed by atoms with Crippen LogP contribution in [0.2, 0.25) is 5.02 Å². The van der Waals surface area contributed by atoms with Crippen LogP contribution in [-0.2, 0) is 17.9 Å². The lowest BCUT2D eigenvalue weighted by atomic mass is 9.99. The molecule has 1 aliphatic rings. The Morgan fingerprint density at radius 1 is 1.19 bits per heavy atom. The number of hydrogen-bond donors (Lipinski definition) is 0. The molecule has 1 amide bonds. The number of rotatable bonds is 5. The van der Waals surface area contributed by atoms with Gasteiger partial charge in [-0.15, -0.1) is 0 Å². The van der Waals surface area contributed by atoms with Crippen molar-refractivity contribution in [1.29, 1.82) is 0 Å². The first-order chi connectivity index (χ1) is 14.9. The van der Waals surface area contributed by atoms with Crippen molar-refractivity contribution < 1.29 is 9.18 Å². The predicted octanol–water partition coefficient (Wildman–Crippen LogP) is 3.86. The average Bonchev–Trinajstić information content (AvgIpc) is 3.14. The number of fused-ring (bicyclic) bond motifs is 1. The fourth-order valence-corrected chi connectivity index (χ4v) is 3.76. The Kier molecular flexibility index (Phi) is 6.15. The highest BCUT2D eigenvalue weighted by molar-refractivity contribution is 6.30. The maximum atomic E-state index is 14.2. The first-order valence-electron chi connectivity index (χ1n) is 9.99. The highest BCUT2D eigenvalue weighted by Gasteiger charge is 2.27. The van der Waals surface area contributed by atoms with Crippen LogP contribution in [0.15, 0.2) is 54.9 Å². The summed E-state index contributed by atoms with van der Waals surface area (Å²) in [6.07, 6.45) is 6.90. The number of pyridine rings is 1. The van der Waals surface area contributed by atoms with E-state index in [1.54, 1.807) is 29.4 Å². The number of amides is 1. The van der Waals surface area contributed by atoms with E-state index in [-0.39, 0.29) is 10.9 Å². The van der Waals surface area contributed by atoms with E-state index >= 15 is 0 Å². The van der Waals surface area contributed by atoms with Crippen molar-refractivity contribution in [2.24, 2.45) is 0 Å².